The molecule has 0 bridgehead atoms. The standard InChI is InChI=1S/C22H37N4OPS/c1-22(2,3)19-16-29-20(23-19)15-17-7-10-26(11-8-17)21(18-5-6-18)25-9-4-13-27-24-28-14-12-25/h16-17,24,28H,4-15H2,1-3H3. The fraction of sp³-hybridized carbons (Fsp3) is 0.773. The summed E-state index contributed by atoms with van der Waals surface area (Å²) in [5.74, 6) is 2.37. The van der Waals surface area contributed by atoms with Crippen LogP contribution in [0.2, 0.25) is 0 Å². The average Bonchev–Trinajstić information content (AvgIpc) is 3.36. The smallest absolute Gasteiger partial charge is 0.103 e. The van der Waals surface area contributed by atoms with Crippen LogP contribution in [0.15, 0.2) is 16.8 Å². The van der Waals surface area contributed by atoms with Gasteiger partial charge < -0.3 is 9.80 Å². The summed E-state index contributed by atoms with van der Waals surface area (Å²) < 4.78 is 0. The Morgan fingerprint density at radius 2 is 1.97 bits per heavy atom. The van der Waals surface area contributed by atoms with Crippen molar-refractivity contribution in [3.8, 4) is 0 Å². The summed E-state index contributed by atoms with van der Waals surface area (Å²) in [4.78, 5) is 15.8. The van der Waals surface area contributed by atoms with E-state index in [2.05, 4.69) is 41.2 Å². The fourth-order valence-corrected chi connectivity index (χ4v) is 6.10. The van der Waals surface area contributed by atoms with Crippen LogP contribution in [0.3, 0.4) is 0 Å². The lowest BCUT2D eigenvalue weighted by molar-refractivity contribution is 0.0898. The number of nitrogens with zero attached hydrogens (tertiary/aromatic N) is 3. The Morgan fingerprint density at radius 3 is 2.66 bits per heavy atom. The molecular formula is C22H37N4OPS. The lowest BCUT2D eigenvalue weighted by Crippen LogP contribution is -2.42. The molecule has 162 valence electrons. The van der Waals surface area contributed by atoms with Crippen molar-refractivity contribution >= 4 is 20.1 Å². The first-order valence-electron chi connectivity index (χ1n) is 11.3. The van der Waals surface area contributed by atoms with E-state index in [0.29, 0.717) is 8.73 Å². The number of aromatic nitrogens is 1. The Morgan fingerprint density at radius 1 is 1.21 bits per heavy atom. The number of piperidine rings is 1. The van der Waals surface area contributed by atoms with Gasteiger partial charge in [0.1, 0.15) is 5.82 Å². The van der Waals surface area contributed by atoms with E-state index in [9.17, 15) is 0 Å². The summed E-state index contributed by atoms with van der Waals surface area (Å²) in [6, 6.07) is 0. The van der Waals surface area contributed by atoms with Crippen molar-refractivity contribution in [2.45, 2.75) is 64.7 Å². The van der Waals surface area contributed by atoms with E-state index in [4.69, 9.17) is 9.82 Å². The van der Waals surface area contributed by atoms with Gasteiger partial charge in [-0.05, 0) is 58.5 Å². The van der Waals surface area contributed by atoms with E-state index >= 15 is 0 Å². The molecule has 1 aromatic rings. The molecule has 3 heterocycles. The van der Waals surface area contributed by atoms with Gasteiger partial charge in [-0.15, -0.1) is 11.3 Å². The van der Waals surface area contributed by atoms with Crippen molar-refractivity contribution < 1.29 is 4.84 Å². The van der Waals surface area contributed by atoms with Crippen molar-refractivity contribution in [3.63, 3.8) is 0 Å². The quantitative estimate of drug-likeness (QED) is 0.703. The predicted octanol–water partition coefficient (Wildman–Crippen LogP) is 4.52. The Bertz CT molecular complexity index is 690. The van der Waals surface area contributed by atoms with Crippen LogP contribution < -0.4 is 5.25 Å². The van der Waals surface area contributed by atoms with Crippen molar-refractivity contribution in [2.75, 3.05) is 38.9 Å². The van der Waals surface area contributed by atoms with Crippen LogP contribution in [0.1, 0.15) is 63.6 Å². The van der Waals surface area contributed by atoms with Gasteiger partial charge in [0.2, 0.25) is 0 Å². The zero-order valence-electron chi connectivity index (χ0n) is 18.3. The van der Waals surface area contributed by atoms with Crippen LogP contribution in [-0.4, -0.2) is 53.7 Å². The van der Waals surface area contributed by atoms with Crippen LogP contribution in [0.25, 0.3) is 0 Å². The summed E-state index contributed by atoms with van der Waals surface area (Å²) in [5.41, 5.74) is 3.10. The van der Waals surface area contributed by atoms with Crippen molar-refractivity contribution in [1.29, 1.82) is 0 Å². The lowest BCUT2D eigenvalue weighted by atomic mass is 9.92. The number of nitrogens with one attached hydrogen (secondary N) is 1. The molecule has 1 saturated carbocycles. The molecule has 7 heteroatoms. The van der Waals surface area contributed by atoms with Crippen LogP contribution in [0.4, 0.5) is 0 Å². The molecular weight excluding hydrogens is 399 g/mol. The molecule has 1 unspecified atom stereocenters. The third kappa shape index (κ3) is 5.94. The molecule has 3 aliphatic rings. The maximum absolute atomic E-state index is 5.50. The van der Waals surface area contributed by atoms with Gasteiger partial charge in [0.05, 0.1) is 17.3 Å². The zero-order chi connectivity index (χ0) is 20.3. The Balaban J connectivity index is 1.34. The lowest BCUT2D eigenvalue weighted by Gasteiger charge is -2.40. The second-order valence-corrected chi connectivity index (χ2v) is 11.7. The number of rotatable bonds is 4. The number of thiazole rings is 1. The summed E-state index contributed by atoms with van der Waals surface area (Å²) in [5, 5.41) is 6.72. The fourth-order valence-electron chi connectivity index (χ4n) is 4.27. The van der Waals surface area contributed by atoms with E-state index in [-0.39, 0.29) is 5.41 Å². The summed E-state index contributed by atoms with van der Waals surface area (Å²) in [6.07, 6.45) is 8.63. The predicted molar refractivity (Wildman–Crippen MR) is 124 cm³/mol. The van der Waals surface area contributed by atoms with E-state index in [1.54, 1.807) is 11.4 Å². The SMILES string of the molecule is CC(C)(C)c1csc(CC2CCN(C(=C3CC3)N3CCCONPCC3)CC2)n1. The first-order valence-corrected chi connectivity index (χ1v) is 13.4. The molecule has 4 rings (SSSR count). The summed E-state index contributed by atoms with van der Waals surface area (Å²) in [7, 11) is 0.704. The first kappa shape index (κ1) is 21.5. The van der Waals surface area contributed by atoms with Crippen LogP contribution in [-0.2, 0) is 16.7 Å². The Kier molecular flexibility index (Phi) is 7.16. The van der Waals surface area contributed by atoms with Gasteiger partial charge in [-0.2, -0.15) is 5.25 Å². The van der Waals surface area contributed by atoms with E-state index in [0.717, 1.165) is 38.5 Å². The molecule has 2 aliphatic heterocycles. The highest BCUT2D eigenvalue weighted by Gasteiger charge is 2.30. The Hall–Kier alpha value is -0.680. The second-order valence-electron chi connectivity index (χ2n) is 9.66. The first-order chi connectivity index (χ1) is 14.0. The number of hydrogen-bond donors (Lipinski definition) is 1. The van der Waals surface area contributed by atoms with E-state index in [1.165, 1.54) is 55.6 Å². The van der Waals surface area contributed by atoms with Crippen molar-refractivity contribution in [2.24, 2.45) is 5.92 Å². The van der Waals surface area contributed by atoms with Gasteiger partial charge in [0.25, 0.3) is 0 Å². The van der Waals surface area contributed by atoms with Crippen LogP contribution in [0, 0.1) is 5.92 Å². The van der Waals surface area contributed by atoms with Gasteiger partial charge in [-0.3, -0.25) is 4.84 Å². The van der Waals surface area contributed by atoms with Gasteiger partial charge in [-0.25, -0.2) is 4.98 Å². The molecule has 0 amide bonds. The highest BCUT2D eigenvalue weighted by atomic mass is 32.1. The van der Waals surface area contributed by atoms with E-state index in [1.807, 2.05) is 11.3 Å². The summed E-state index contributed by atoms with van der Waals surface area (Å²) in [6.45, 7) is 12.3. The largest absolute Gasteiger partial charge is 0.358 e. The molecule has 1 aliphatic carbocycles. The van der Waals surface area contributed by atoms with Gasteiger partial charge in [0, 0.05) is 43.4 Å². The molecule has 1 N–H and O–H groups in total. The molecule has 5 nitrogen and oxygen atoms in total. The number of hydrogen-bond acceptors (Lipinski definition) is 6. The highest BCUT2D eigenvalue weighted by Crippen LogP contribution is 2.37. The van der Waals surface area contributed by atoms with Crippen molar-refractivity contribution in [1.82, 2.24) is 20.0 Å². The second kappa shape index (κ2) is 9.64. The average molecular weight is 437 g/mol. The molecule has 1 atom stereocenters. The number of allylic oxidation sites excluding steroid dienone is 1. The maximum Gasteiger partial charge on any atom is 0.103 e. The third-order valence-electron chi connectivity index (χ3n) is 6.14. The molecule has 0 spiro atoms. The summed E-state index contributed by atoms with van der Waals surface area (Å²) >= 11 is 1.86. The third-order valence-corrected chi connectivity index (χ3v) is 7.77. The molecule has 1 aromatic heterocycles. The van der Waals surface area contributed by atoms with Crippen LogP contribution >= 0.6 is 20.1 Å². The molecule has 2 saturated heterocycles. The molecule has 3 fully saturated rings. The zero-order valence-corrected chi connectivity index (χ0v) is 20.1. The molecule has 0 radical (unpaired) electrons. The van der Waals surface area contributed by atoms with Crippen LogP contribution in [0.5, 0.6) is 0 Å². The van der Waals surface area contributed by atoms with Gasteiger partial charge >= 0.3 is 0 Å². The topological polar surface area (TPSA) is 40.6 Å². The minimum absolute atomic E-state index is 0.162. The minimum atomic E-state index is 0.162. The van der Waals surface area contributed by atoms with E-state index < -0.39 is 0 Å². The highest BCUT2D eigenvalue weighted by molar-refractivity contribution is 7.35. The Labute approximate surface area is 182 Å². The minimum Gasteiger partial charge on any atom is -0.358 e. The molecule has 0 aromatic carbocycles. The van der Waals surface area contributed by atoms with Gasteiger partial charge in [0.15, 0.2) is 0 Å². The van der Waals surface area contributed by atoms with Crippen molar-refractivity contribution in [3.05, 3.63) is 27.5 Å². The normalized spacial score (nSPS) is 23.1. The molecule has 29 heavy (non-hydrogen) atoms. The maximum atomic E-state index is 5.50. The number of likely N-dealkylation sites (tertiary alicyclic amines) is 1. The monoisotopic (exact) mass is 436 g/mol. The van der Waals surface area contributed by atoms with Gasteiger partial charge in [-0.1, -0.05) is 20.8 Å².